The van der Waals surface area contributed by atoms with Crippen LogP contribution in [-0.4, -0.2) is 63.0 Å². The van der Waals surface area contributed by atoms with Gasteiger partial charge < -0.3 is 10.5 Å². The van der Waals surface area contributed by atoms with E-state index in [9.17, 15) is 8.42 Å². The maximum atomic E-state index is 12.7. The van der Waals surface area contributed by atoms with Crippen LogP contribution in [0.2, 0.25) is 0 Å². The van der Waals surface area contributed by atoms with Gasteiger partial charge in [-0.3, -0.25) is 0 Å². The van der Waals surface area contributed by atoms with E-state index in [-0.39, 0.29) is 6.04 Å². The van der Waals surface area contributed by atoms with E-state index in [4.69, 9.17) is 10.5 Å². The van der Waals surface area contributed by atoms with E-state index in [1.54, 1.807) is 15.7 Å². The number of methoxy groups -OCH3 is 1. The van der Waals surface area contributed by atoms with Gasteiger partial charge in [-0.25, -0.2) is 0 Å². The molecule has 1 aliphatic heterocycles. The Kier molecular flexibility index (Phi) is 5.19. The van der Waals surface area contributed by atoms with Gasteiger partial charge in [0.05, 0.1) is 6.61 Å². The lowest BCUT2D eigenvalue weighted by molar-refractivity contribution is 0.170. The van der Waals surface area contributed by atoms with Crippen molar-refractivity contribution < 1.29 is 13.2 Å². The minimum atomic E-state index is -3.35. The third-order valence-corrected chi connectivity index (χ3v) is 5.97. The summed E-state index contributed by atoms with van der Waals surface area (Å²) >= 11 is 0. The van der Waals surface area contributed by atoms with E-state index in [2.05, 4.69) is 0 Å². The van der Waals surface area contributed by atoms with Crippen molar-refractivity contribution in [1.29, 1.82) is 0 Å². The van der Waals surface area contributed by atoms with Crippen LogP contribution in [0.15, 0.2) is 0 Å². The van der Waals surface area contributed by atoms with Gasteiger partial charge >= 0.3 is 0 Å². The maximum Gasteiger partial charge on any atom is 0.282 e. The fourth-order valence-electron chi connectivity index (χ4n) is 2.61. The van der Waals surface area contributed by atoms with Gasteiger partial charge in [0.1, 0.15) is 0 Å². The average Bonchev–Trinajstić information content (AvgIpc) is 3.23. The molecule has 0 spiro atoms. The zero-order valence-corrected chi connectivity index (χ0v) is 12.4. The molecular formula is C12H25N3O3S. The van der Waals surface area contributed by atoms with Crippen molar-refractivity contribution >= 4 is 10.2 Å². The molecule has 1 heterocycles. The third kappa shape index (κ3) is 3.66. The molecule has 0 aromatic rings. The van der Waals surface area contributed by atoms with Gasteiger partial charge in [-0.1, -0.05) is 0 Å². The van der Waals surface area contributed by atoms with Crippen molar-refractivity contribution in [2.45, 2.75) is 31.7 Å². The first-order chi connectivity index (χ1) is 9.09. The zero-order valence-electron chi connectivity index (χ0n) is 11.6. The molecule has 6 nitrogen and oxygen atoms in total. The van der Waals surface area contributed by atoms with E-state index in [1.165, 1.54) is 0 Å². The zero-order chi connectivity index (χ0) is 13.9. The van der Waals surface area contributed by atoms with Crippen molar-refractivity contribution in [1.82, 2.24) is 8.61 Å². The molecule has 2 rings (SSSR count). The van der Waals surface area contributed by atoms with Gasteiger partial charge in [0.15, 0.2) is 0 Å². The molecule has 0 aromatic heterocycles. The second-order valence-corrected chi connectivity index (χ2v) is 7.33. The van der Waals surface area contributed by atoms with Crippen LogP contribution in [0, 0.1) is 5.92 Å². The Bertz CT molecular complexity index is 384. The summed E-state index contributed by atoms with van der Waals surface area (Å²) in [6.45, 7) is 2.65. The fourth-order valence-corrected chi connectivity index (χ4v) is 4.56. The Labute approximate surface area is 116 Å². The smallest absolute Gasteiger partial charge is 0.282 e. The fraction of sp³-hybridized carbons (Fsp3) is 1.00. The number of ether oxygens (including phenoxy) is 1. The normalized spacial score (nSPS) is 25.9. The predicted octanol–water partition coefficient (Wildman–Crippen LogP) is 0.0127. The van der Waals surface area contributed by atoms with Crippen molar-refractivity contribution in [2.75, 3.05) is 39.9 Å². The Balaban J connectivity index is 2.05. The lowest BCUT2D eigenvalue weighted by Gasteiger charge is -2.35. The summed E-state index contributed by atoms with van der Waals surface area (Å²) < 4.78 is 33.6. The summed E-state index contributed by atoms with van der Waals surface area (Å²) in [7, 11) is -1.74. The molecule has 0 amide bonds. The summed E-state index contributed by atoms with van der Waals surface area (Å²) in [6, 6.07) is 0.179. The van der Waals surface area contributed by atoms with E-state index >= 15 is 0 Å². The van der Waals surface area contributed by atoms with Gasteiger partial charge in [0.25, 0.3) is 10.2 Å². The number of hydrogen-bond donors (Lipinski definition) is 1. The molecule has 2 aliphatic rings. The summed E-state index contributed by atoms with van der Waals surface area (Å²) in [5, 5.41) is 0. The summed E-state index contributed by atoms with van der Waals surface area (Å²) in [6.07, 6.45) is 3.88. The van der Waals surface area contributed by atoms with E-state index < -0.39 is 10.2 Å². The molecule has 1 atom stereocenters. The SMILES string of the molecule is COCCN(C1CC1)S(=O)(=O)N1CCCC(CN)C1. The minimum Gasteiger partial charge on any atom is -0.383 e. The molecule has 0 aromatic carbocycles. The standard InChI is InChI=1S/C12H25N3O3S/c1-18-8-7-15(12-4-5-12)19(16,17)14-6-2-3-11(9-13)10-14/h11-12H,2-10,13H2,1H3. The molecule has 1 saturated carbocycles. The van der Waals surface area contributed by atoms with Crippen LogP contribution < -0.4 is 5.73 Å². The van der Waals surface area contributed by atoms with E-state index in [1.807, 2.05) is 0 Å². The van der Waals surface area contributed by atoms with Crippen LogP contribution in [0.1, 0.15) is 25.7 Å². The Morgan fingerprint density at radius 2 is 2.11 bits per heavy atom. The number of nitrogens with two attached hydrogens (primary N) is 1. The Morgan fingerprint density at radius 1 is 1.37 bits per heavy atom. The average molecular weight is 291 g/mol. The second-order valence-electron chi connectivity index (χ2n) is 5.44. The van der Waals surface area contributed by atoms with Crippen LogP contribution >= 0.6 is 0 Å². The Hall–Kier alpha value is -0.210. The first-order valence-electron chi connectivity index (χ1n) is 7.05. The molecule has 0 radical (unpaired) electrons. The van der Waals surface area contributed by atoms with Crippen molar-refractivity contribution in [3.8, 4) is 0 Å². The molecule has 2 fully saturated rings. The van der Waals surface area contributed by atoms with Crippen molar-refractivity contribution in [3.05, 3.63) is 0 Å². The molecule has 0 bridgehead atoms. The summed E-state index contributed by atoms with van der Waals surface area (Å²) in [4.78, 5) is 0. The molecule has 19 heavy (non-hydrogen) atoms. The highest BCUT2D eigenvalue weighted by Gasteiger charge is 2.41. The Morgan fingerprint density at radius 3 is 2.68 bits per heavy atom. The van der Waals surface area contributed by atoms with Crippen LogP contribution in [0.5, 0.6) is 0 Å². The molecule has 1 aliphatic carbocycles. The molecule has 1 unspecified atom stereocenters. The predicted molar refractivity (Wildman–Crippen MR) is 73.9 cm³/mol. The minimum absolute atomic E-state index is 0.179. The summed E-state index contributed by atoms with van der Waals surface area (Å²) in [5.41, 5.74) is 5.68. The van der Waals surface area contributed by atoms with Crippen LogP contribution in [0.25, 0.3) is 0 Å². The topological polar surface area (TPSA) is 75.9 Å². The largest absolute Gasteiger partial charge is 0.383 e. The van der Waals surface area contributed by atoms with Crippen LogP contribution in [-0.2, 0) is 14.9 Å². The quantitative estimate of drug-likeness (QED) is 0.717. The molecular weight excluding hydrogens is 266 g/mol. The van der Waals surface area contributed by atoms with Gasteiger partial charge in [-0.15, -0.1) is 0 Å². The van der Waals surface area contributed by atoms with Crippen LogP contribution in [0.4, 0.5) is 0 Å². The molecule has 7 heteroatoms. The molecule has 112 valence electrons. The lowest BCUT2D eigenvalue weighted by Crippen LogP contribution is -2.50. The van der Waals surface area contributed by atoms with Gasteiger partial charge in [0.2, 0.25) is 0 Å². The van der Waals surface area contributed by atoms with Crippen molar-refractivity contribution in [2.24, 2.45) is 11.7 Å². The highest BCUT2D eigenvalue weighted by atomic mass is 32.2. The lowest BCUT2D eigenvalue weighted by atomic mass is 10.0. The van der Waals surface area contributed by atoms with Gasteiger partial charge in [-0.05, 0) is 38.1 Å². The van der Waals surface area contributed by atoms with E-state index in [0.717, 1.165) is 25.7 Å². The molecule has 1 saturated heterocycles. The maximum absolute atomic E-state index is 12.7. The first-order valence-corrected chi connectivity index (χ1v) is 8.45. The van der Waals surface area contributed by atoms with Crippen molar-refractivity contribution in [3.63, 3.8) is 0 Å². The highest BCUT2D eigenvalue weighted by Crippen LogP contribution is 2.31. The number of nitrogens with zero attached hydrogens (tertiary/aromatic N) is 2. The number of rotatable bonds is 7. The number of piperidine rings is 1. The monoisotopic (exact) mass is 291 g/mol. The molecule has 2 N–H and O–H groups in total. The van der Waals surface area contributed by atoms with E-state index in [0.29, 0.717) is 38.7 Å². The first kappa shape index (κ1) is 15.2. The van der Waals surface area contributed by atoms with Gasteiger partial charge in [0, 0.05) is 32.8 Å². The highest BCUT2D eigenvalue weighted by molar-refractivity contribution is 7.86. The second kappa shape index (κ2) is 6.49. The van der Waals surface area contributed by atoms with Gasteiger partial charge in [-0.2, -0.15) is 17.0 Å². The third-order valence-electron chi connectivity index (χ3n) is 3.91. The van der Waals surface area contributed by atoms with Crippen LogP contribution in [0.3, 0.4) is 0 Å². The summed E-state index contributed by atoms with van der Waals surface area (Å²) in [5.74, 6) is 0.298. The number of hydrogen-bond acceptors (Lipinski definition) is 4.